The van der Waals surface area contributed by atoms with E-state index in [1.165, 1.54) is 4.90 Å². The van der Waals surface area contributed by atoms with Gasteiger partial charge < -0.3 is 10.1 Å². The molecule has 1 N–H and O–H groups in total. The van der Waals surface area contributed by atoms with E-state index in [1.807, 2.05) is 39.0 Å². The molecule has 1 aromatic rings. The molecular formula is C20H22N2O4. The highest BCUT2D eigenvalue weighted by Crippen LogP contribution is 2.52. The molecule has 2 fully saturated rings. The first kappa shape index (κ1) is 17.0. The molecule has 0 saturated carbocycles. The Kier molecular flexibility index (Phi) is 3.60. The van der Waals surface area contributed by atoms with Crippen LogP contribution in [0.2, 0.25) is 0 Å². The zero-order valence-electron chi connectivity index (χ0n) is 15.1. The topological polar surface area (TPSA) is 75.7 Å². The number of nitrogens with one attached hydrogen (secondary N) is 1. The lowest BCUT2D eigenvalue weighted by molar-refractivity contribution is -0.132. The third-order valence-electron chi connectivity index (χ3n) is 5.38. The fourth-order valence-electron chi connectivity index (χ4n) is 4.02. The molecule has 3 amide bonds. The summed E-state index contributed by atoms with van der Waals surface area (Å²) in [7, 11) is 0. The number of benzene rings is 1. The van der Waals surface area contributed by atoms with Gasteiger partial charge in [0.2, 0.25) is 17.7 Å². The van der Waals surface area contributed by atoms with Crippen LogP contribution in [0.5, 0.6) is 0 Å². The van der Waals surface area contributed by atoms with Crippen molar-refractivity contribution in [2.45, 2.75) is 32.5 Å². The summed E-state index contributed by atoms with van der Waals surface area (Å²) >= 11 is 0. The van der Waals surface area contributed by atoms with E-state index in [9.17, 15) is 14.4 Å². The van der Waals surface area contributed by atoms with Gasteiger partial charge in [0.25, 0.3) is 0 Å². The second kappa shape index (κ2) is 5.51. The largest absolute Gasteiger partial charge is 0.360 e. The van der Waals surface area contributed by atoms with Gasteiger partial charge in [0.1, 0.15) is 5.60 Å². The maximum absolute atomic E-state index is 13.1. The second-order valence-corrected chi connectivity index (χ2v) is 8.18. The number of amides is 3. The van der Waals surface area contributed by atoms with Crippen molar-refractivity contribution in [1.82, 2.24) is 5.32 Å². The van der Waals surface area contributed by atoms with Crippen LogP contribution in [-0.4, -0.2) is 36.0 Å². The lowest BCUT2D eigenvalue weighted by atomic mass is 9.76. The van der Waals surface area contributed by atoms with Crippen LogP contribution < -0.4 is 10.2 Å². The number of imide groups is 1. The third-order valence-corrected chi connectivity index (χ3v) is 5.38. The highest BCUT2D eigenvalue weighted by molar-refractivity contribution is 6.23. The summed E-state index contributed by atoms with van der Waals surface area (Å²) in [4.78, 5) is 39.6. The lowest BCUT2D eigenvalue weighted by Crippen LogP contribution is -2.50. The Balaban J connectivity index is 1.62. The van der Waals surface area contributed by atoms with Crippen molar-refractivity contribution in [3.8, 4) is 0 Å². The molecule has 1 aromatic carbocycles. The Labute approximate surface area is 152 Å². The maximum atomic E-state index is 13.1. The summed E-state index contributed by atoms with van der Waals surface area (Å²) in [6.45, 7) is 5.66. The van der Waals surface area contributed by atoms with Gasteiger partial charge in [-0.25, -0.2) is 4.90 Å². The van der Waals surface area contributed by atoms with Gasteiger partial charge in [0, 0.05) is 5.41 Å². The van der Waals surface area contributed by atoms with E-state index in [2.05, 4.69) is 5.32 Å². The predicted octanol–water partition coefficient (Wildman–Crippen LogP) is 1.66. The smallest absolute Gasteiger partial charge is 0.241 e. The van der Waals surface area contributed by atoms with Gasteiger partial charge in [0.15, 0.2) is 0 Å². The van der Waals surface area contributed by atoms with Crippen molar-refractivity contribution < 1.29 is 19.1 Å². The molecule has 0 aromatic heterocycles. The standard InChI is InChI=1S/C20H22N2O4/c1-19(2,3)18(25)21-11-20-10-9-13(26-20)14-15(20)17(24)22(16(14)23)12-7-5-4-6-8-12/h4-10,13-15H,11H2,1-3H3,(H,21,25)/t13-,14+,15+,20+/m0/s1. The molecule has 0 aliphatic carbocycles. The van der Waals surface area contributed by atoms with Crippen LogP contribution in [0, 0.1) is 17.3 Å². The Bertz CT molecular complexity index is 811. The number of nitrogens with zero attached hydrogens (tertiary/aromatic N) is 1. The van der Waals surface area contributed by atoms with Crippen LogP contribution in [-0.2, 0) is 19.1 Å². The SMILES string of the molecule is CC(C)(C)C(=O)NC[C@@]12C=C[C@H](O1)[C@H]1C(=O)N(c3ccccc3)C(=O)[C@@H]12. The van der Waals surface area contributed by atoms with E-state index in [-0.39, 0.29) is 24.3 Å². The molecule has 2 bridgehead atoms. The van der Waals surface area contributed by atoms with Gasteiger partial charge >= 0.3 is 0 Å². The fourth-order valence-corrected chi connectivity index (χ4v) is 4.02. The van der Waals surface area contributed by atoms with E-state index < -0.39 is 29.0 Å². The summed E-state index contributed by atoms with van der Waals surface area (Å²) in [5, 5.41) is 2.89. The molecule has 136 valence electrons. The van der Waals surface area contributed by atoms with E-state index >= 15 is 0 Å². The second-order valence-electron chi connectivity index (χ2n) is 8.18. The molecule has 0 radical (unpaired) electrons. The van der Waals surface area contributed by atoms with Crippen molar-refractivity contribution in [3.05, 3.63) is 42.5 Å². The van der Waals surface area contributed by atoms with Gasteiger partial charge in [-0.15, -0.1) is 0 Å². The Hall–Kier alpha value is -2.47. The van der Waals surface area contributed by atoms with Crippen molar-refractivity contribution >= 4 is 23.4 Å². The molecule has 0 unspecified atom stereocenters. The Morgan fingerprint density at radius 3 is 2.54 bits per heavy atom. The van der Waals surface area contributed by atoms with Gasteiger partial charge in [-0.3, -0.25) is 14.4 Å². The van der Waals surface area contributed by atoms with Crippen molar-refractivity contribution in [2.24, 2.45) is 17.3 Å². The summed E-state index contributed by atoms with van der Waals surface area (Å²) in [6, 6.07) is 8.94. The highest BCUT2D eigenvalue weighted by Gasteiger charge is 2.67. The number of hydrogen-bond donors (Lipinski definition) is 1. The van der Waals surface area contributed by atoms with Crippen molar-refractivity contribution in [3.63, 3.8) is 0 Å². The molecule has 6 nitrogen and oxygen atoms in total. The molecule has 3 aliphatic heterocycles. The quantitative estimate of drug-likeness (QED) is 0.662. The van der Waals surface area contributed by atoms with Crippen LogP contribution in [0.15, 0.2) is 42.5 Å². The molecule has 4 atom stereocenters. The normalized spacial score (nSPS) is 32.3. The van der Waals surface area contributed by atoms with Gasteiger partial charge in [-0.1, -0.05) is 51.1 Å². The molecule has 3 heterocycles. The fraction of sp³-hybridized carbons (Fsp3) is 0.450. The van der Waals surface area contributed by atoms with E-state index in [0.29, 0.717) is 5.69 Å². The van der Waals surface area contributed by atoms with Gasteiger partial charge in [-0.2, -0.15) is 0 Å². The lowest BCUT2D eigenvalue weighted by Gasteiger charge is -2.30. The number of carbonyl (C=O) groups excluding carboxylic acids is 3. The van der Waals surface area contributed by atoms with Crippen molar-refractivity contribution in [2.75, 3.05) is 11.4 Å². The number of carbonyl (C=O) groups is 3. The number of hydrogen-bond acceptors (Lipinski definition) is 4. The molecular weight excluding hydrogens is 332 g/mol. The highest BCUT2D eigenvalue weighted by atomic mass is 16.5. The number of rotatable bonds is 3. The van der Waals surface area contributed by atoms with Crippen molar-refractivity contribution in [1.29, 1.82) is 0 Å². The third kappa shape index (κ3) is 2.32. The number of ether oxygens (including phenoxy) is 1. The van der Waals surface area contributed by atoms with Gasteiger partial charge in [-0.05, 0) is 12.1 Å². The maximum Gasteiger partial charge on any atom is 0.241 e. The van der Waals surface area contributed by atoms with Crippen LogP contribution in [0.4, 0.5) is 5.69 Å². The monoisotopic (exact) mass is 354 g/mol. The molecule has 4 rings (SSSR count). The summed E-state index contributed by atoms with van der Waals surface area (Å²) in [6.07, 6.45) is 3.25. The summed E-state index contributed by atoms with van der Waals surface area (Å²) in [5.41, 5.74) is -0.917. The molecule has 2 saturated heterocycles. The molecule has 3 aliphatic rings. The Morgan fingerprint density at radius 1 is 1.19 bits per heavy atom. The first-order valence-electron chi connectivity index (χ1n) is 8.83. The summed E-state index contributed by atoms with van der Waals surface area (Å²) < 4.78 is 6.02. The van der Waals surface area contributed by atoms with Gasteiger partial charge in [0.05, 0.1) is 30.2 Å². The minimum atomic E-state index is -0.952. The van der Waals surface area contributed by atoms with E-state index in [4.69, 9.17) is 4.74 Å². The summed E-state index contributed by atoms with van der Waals surface area (Å²) in [5.74, 6) is -1.75. The Morgan fingerprint density at radius 2 is 1.88 bits per heavy atom. The minimum absolute atomic E-state index is 0.118. The first-order chi connectivity index (χ1) is 12.2. The predicted molar refractivity (Wildman–Crippen MR) is 95.1 cm³/mol. The molecule has 26 heavy (non-hydrogen) atoms. The molecule has 6 heteroatoms. The van der Waals surface area contributed by atoms with Crippen LogP contribution in [0.1, 0.15) is 20.8 Å². The zero-order valence-corrected chi connectivity index (χ0v) is 15.1. The van der Waals surface area contributed by atoms with Crippen LogP contribution in [0.3, 0.4) is 0 Å². The molecule has 0 spiro atoms. The zero-order chi connectivity index (χ0) is 18.7. The first-order valence-corrected chi connectivity index (χ1v) is 8.83. The number of para-hydroxylation sites is 1. The van der Waals surface area contributed by atoms with E-state index in [0.717, 1.165) is 0 Å². The number of fused-ring (bicyclic) bond motifs is 5. The van der Waals surface area contributed by atoms with Crippen LogP contribution in [0.25, 0.3) is 0 Å². The number of anilines is 1. The average molecular weight is 354 g/mol. The van der Waals surface area contributed by atoms with Crippen LogP contribution >= 0.6 is 0 Å². The van der Waals surface area contributed by atoms with E-state index in [1.54, 1.807) is 24.3 Å². The minimum Gasteiger partial charge on any atom is -0.360 e. The average Bonchev–Trinajstić information content (AvgIpc) is 3.23.